The summed E-state index contributed by atoms with van der Waals surface area (Å²) in [5.74, 6) is 0.667. The SMILES string of the molecule is Cc1nnc(NC(=O)CSc2cc(N3CCN(c4ccccc4F)CC3)ncn2)s1. The van der Waals surface area contributed by atoms with E-state index in [4.69, 9.17) is 0 Å². The fraction of sp³-hybridized carbons (Fsp3) is 0.316. The van der Waals surface area contributed by atoms with Crippen molar-refractivity contribution in [2.45, 2.75) is 11.9 Å². The van der Waals surface area contributed by atoms with Gasteiger partial charge < -0.3 is 9.80 Å². The van der Waals surface area contributed by atoms with Crippen LogP contribution in [0.15, 0.2) is 41.7 Å². The molecule has 1 amide bonds. The van der Waals surface area contributed by atoms with Crippen LogP contribution < -0.4 is 15.1 Å². The van der Waals surface area contributed by atoms with E-state index in [1.165, 1.54) is 35.5 Å². The molecule has 0 aliphatic carbocycles. The van der Waals surface area contributed by atoms with Crippen LogP contribution in [0, 0.1) is 12.7 Å². The first-order valence-corrected chi connectivity index (χ1v) is 11.2. The highest BCUT2D eigenvalue weighted by Gasteiger charge is 2.20. The molecule has 1 aromatic carbocycles. The summed E-state index contributed by atoms with van der Waals surface area (Å²) < 4.78 is 14.0. The van der Waals surface area contributed by atoms with Gasteiger partial charge in [-0.1, -0.05) is 35.2 Å². The molecule has 0 atom stereocenters. The molecule has 30 heavy (non-hydrogen) atoms. The number of benzene rings is 1. The summed E-state index contributed by atoms with van der Waals surface area (Å²) in [5.41, 5.74) is 0.632. The topological polar surface area (TPSA) is 87.1 Å². The maximum absolute atomic E-state index is 14.0. The van der Waals surface area contributed by atoms with Crippen LogP contribution in [0.2, 0.25) is 0 Å². The lowest BCUT2D eigenvalue weighted by Gasteiger charge is -2.36. The van der Waals surface area contributed by atoms with Gasteiger partial charge in [0, 0.05) is 32.2 Å². The molecule has 4 rings (SSSR count). The Kier molecular flexibility index (Phi) is 6.38. The number of piperazine rings is 1. The van der Waals surface area contributed by atoms with Crippen molar-refractivity contribution in [3.8, 4) is 0 Å². The monoisotopic (exact) mass is 445 g/mol. The number of rotatable bonds is 6. The van der Waals surface area contributed by atoms with Crippen molar-refractivity contribution in [3.63, 3.8) is 0 Å². The maximum atomic E-state index is 14.0. The number of halogens is 1. The number of para-hydroxylation sites is 1. The van der Waals surface area contributed by atoms with Crippen LogP contribution in [0.4, 0.5) is 21.0 Å². The number of carbonyl (C=O) groups is 1. The standard InChI is InChI=1S/C19H20FN7OS2/c1-13-24-25-19(30-13)23-17(28)11-29-18-10-16(21-12-22-18)27-8-6-26(7-9-27)15-5-3-2-4-14(15)20/h2-5,10,12H,6-9,11H2,1H3,(H,23,25,28). The summed E-state index contributed by atoms with van der Waals surface area (Å²) in [4.78, 5) is 24.9. The average Bonchev–Trinajstić information content (AvgIpc) is 3.17. The first-order chi connectivity index (χ1) is 14.6. The van der Waals surface area contributed by atoms with Crippen molar-refractivity contribution in [1.29, 1.82) is 0 Å². The lowest BCUT2D eigenvalue weighted by Crippen LogP contribution is -2.47. The fourth-order valence-electron chi connectivity index (χ4n) is 3.11. The minimum absolute atomic E-state index is 0.158. The van der Waals surface area contributed by atoms with E-state index in [1.807, 2.05) is 24.0 Å². The number of carbonyl (C=O) groups excluding carboxylic acids is 1. The number of hydrogen-bond acceptors (Lipinski definition) is 9. The second-order valence-electron chi connectivity index (χ2n) is 6.60. The van der Waals surface area contributed by atoms with Gasteiger partial charge in [-0.15, -0.1) is 10.2 Å². The Labute approximate surface area is 181 Å². The molecule has 0 radical (unpaired) electrons. The van der Waals surface area contributed by atoms with Crippen LogP contribution in [0.1, 0.15) is 5.01 Å². The Hall–Kier alpha value is -2.79. The molecular formula is C19H20FN7OS2. The van der Waals surface area contributed by atoms with Crippen LogP contribution in [-0.2, 0) is 4.79 Å². The lowest BCUT2D eigenvalue weighted by atomic mass is 10.2. The summed E-state index contributed by atoms with van der Waals surface area (Å²) in [6.07, 6.45) is 1.51. The largest absolute Gasteiger partial charge is 0.366 e. The summed E-state index contributed by atoms with van der Waals surface area (Å²) in [6.45, 7) is 4.70. The van der Waals surface area contributed by atoms with E-state index in [0.717, 1.165) is 28.9 Å². The molecule has 156 valence electrons. The van der Waals surface area contributed by atoms with Crippen molar-refractivity contribution in [2.75, 3.05) is 47.0 Å². The Morgan fingerprint density at radius 2 is 1.93 bits per heavy atom. The molecular weight excluding hydrogens is 425 g/mol. The number of nitrogens with zero attached hydrogens (tertiary/aromatic N) is 6. The predicted molar refractivity (Wildman–Crippen MR) is 117 cm³/mol. The highest BCUT2D eigenvalue weighted by Crippen LogP contribution is 2.24. The summed E-state index contributed by atoms with van der Waals surface area (Å²) in [7, 11) is 0. The quantitative estimate of drug-likeness (QED) is 0.458. The summed E-state index contributed by atoms with van der Waals surface area (Å²) in [6, 6.07) is 8.72. The number of hydrogen-bond donors (Lipinski definition) is 1. The zero-order valence-corrected chi connectivity index (χ0v) is 17.9. The predicted octanol–water partition coefficient (Wildman–Crippen LogP) is 2.83. The van der Waals surface area contributed by atoms with E-state index >= 15 is 0 Å². The minimum Gasteiger partial charge on any atom is -0.366 e. The van der Waals surface area contributed by atoms with Crippen LogP contribution in [-0.4, -0.2) is 58.0 Å². The van der Waals surface area contributed by atoms with Gasteiger partial charge in [-0.25, -0.2) is 14.4 Å². The highest BCUT2D eigenvalue weighted by molar-refractivity contribution is 7.99. The molecule has 0 saturated carbocycles. The molecule has 1 fully saturated rings. The summed E-state index contributed by atoms with van der Waals surface area (Å²) in [5, 5.41) is 12.5. The van der Waals surface area contributed by atoms with E-state index in [0.29, 0.717) is 23.9 Å². The van der Waals surface area contributed by atoms with Gasteiger partial charge in [0.1, 0.15) is 28.0 Å². The van der Waals surface area contributed by atoms with Gasteiger partial charge in [-0.3, -0.25) is 10.1 Å². The third-order valence-corrected chi connectivity index (χ3v) is 6.23. The van der Waals surface area contributed by atoms with Crippen molar-refractivity contribution in [3.05, 3.63) is 47.5 Å². The number of thioether (sulfide) groups is 1. The van der Waals surface area contributed by atoms with Crippen LogP contribution in [0.25, 0.3) is 0 Å². The van der Waals surface area contributed by atoms with Crippen molar-refractivity contribution >= 4 is 45.6 Å². The van der Waals surface area contributed by atoms with Gasteiger partial charge in [-0.05, 0) is 19.1 Å². The number of anilines is 3. The van der Waals surface area contributed by atoms with Gasteiger partial charge in [0.05, 0.1) is 11.4 Å². The van der Waals surface area contributed by atoms with Gasteiger partial charge >= 0.3 is 0 Å². The summed E-state index contributed by atoms with van der Waals surface area (Å²) >= 11 is 2.67. The number of aryl methyl sites for hydroxylation is 1. The molecule has 1 N–H and O–H groups in total. The van der Waals surface area contributed by atoms with Gasteiger partial charge in [-0.2, -0.15) is 0 Å². The van der Waals surface area contributed by atoms with Crippen LogP contribution >= 0.6 is 23.1 Å². The number of amides is 1. The molecule has 11 heteroatoms. The zero-order valence-electron chi connectivity index (χ0n) is 16.3. The number of nitrogens with one attached hydrogen (secondary N) is 1. The first-order valence-electron chi connectivity index (χ1n) is 9.38. The normalized spacial score (nSPS) is 14.1. The molecule has 2 aromatic heterocycles. The van der Waals surface area contributed by atoms with Gasteiger partial charge in [0.2, 0.25) is 11.0 Å². The molecule has 1 aliphatic rings. The fourth-order valence-corrected chi connectivity index (χ4v) is 4.38. The molecule has 1 saturated heterocycles. The van der Waals surface area contributed by atoms with E-state index in [9.17, 15) is 9.18 Å². The Balaban J connectivity index is 1.31. The smallest absolute Gasteiger partial charge is 0.236 e. The Morgan fingerprint density at radius 1 is 1.17 bits per heavy atom. The molecule has 3 heterocycles. The second kappa shape index (κ2) is 9.35. The van der Waals surface area contributed by atoms with Gasteiger partial charge in [0.15, 0.2) is 0 Å². The third-order valence-electron chi connectivity index (χ3n) is 4.55. The van der Waals surface area contributed by atoms with E-state index in [2.05, 4.69) is 30.4 Å². The maximum Gasteiger partial charge on any atom is 0.236 e. The van der Waals surface area contributed by atoms with Crippen molar-refractivity contribution in [1.82, 2.24) is 20.2 Å². The molecule has 0 unspecified atom stereocenters. The average molecular weight is 446 g/mol. The molecule has 1 aliphatic heterocycles. The highest BCUT2D eigenvalue weighted by atomic mass is 32.2. The molecule has 0 bridgehead atoms. The van der Waals surface area contributed by atoms with Crippen molar-refractivity contribution in [2.24, 2.45) is 0 Å². The van der Waals surface area contributed by atoms with E-state index in [-0.39, 0.29) is 17.5 Å². The lowest BCUT2D eigenvalue weighted by molar-refractivity contribution is -0.113. The van der Waals surface area contributed by atoms with Gasteiger partial charge in [0.25, 0.3) is 0 Å². The molecule has 0 spiro atoms. The number of aromatic nitrogens is 4. The van der Waals surface area contributed by atoms with Crippen LogP contribution in [0.3, 0.4) is 0 Å². The molecule has 3 aromatic rings. The molecule has 8 nitrogen and oxygen atoms in total. The van der Waals surface area contributed by atoms with E-state index < -0.39 is 0 Å². The Bertz CT molecular complexity index is 1020. The van der Waals surface area contributed by atoms with Crippen LogP contribution in [0.5, 0.6) is 0 Å². The van der Waals surface area contributed by atoms with E-state index in [1.54, 1.807) is 12.1 Å². The first kappa shape index (κ1) is 20.5. The second-order valence-corrected chi connectivity index (χ2v) is 8.78. The third kappa shape index (κ3) is 5.03. The Morgan fingerprint density at radius 3 is 2.67 bits per heavy atom. The zero-order chi connectivity index (χ0) is 20.9. The van der Waals surface area contributed by atoms with Crippen molar-refractivity contribution < 1.29 is 9.18 Å². The minimum atomic E-state index is -0.200.